The van der Waals surface area contributed by atoms with Crippen LogP contribution in [0.2, 0.25) is 0 Å². The lowest BCUT2D eigenvalue weighted by Gasteiger charge is -2.36. The maximum atomic E-state index is 13.1. The number of nitrogens with zero attached hydrogens (tertiary/aromatic N) is 2. The van der Waals surface area contributed by atoms with Gasteiger partial charge in [0.15, 0.2) is 0 Å². The van der Waals surface area contributed by atoms with Gasteiger partial charge in [-0.15, -0.1) is 11.8 Å². The van der Waals surface area contributed by atoms with E-state index >= 15 is 0 Å². The number of rotatable bonds is 4. The number of likely N-dealkylation sites (tertiary alicyclic amines) is 1. The smallest absolute Gasteiger partial charge is 0.227 e. The minimum absolute atomic E-state index is 0.148. The van der Waals surface area contributed by atoms with Crippen LogP contribution in [0.25, 0.3) is 0 Å². The molecule has 0 N–H and O–H groups in total. The third kappa shape index (κ3) is 4.39. The molecule has 2 heterocycles. The predicted molar refractivity (Wildman–Crippen MR) is 112 cm³/mol. The molecule has 2 aromatic rings. The van der Waals surface area contributed by atoms with Crippen molar-refractivity contribution in [2.75, 3.05) is 25.9 Å². The summed E-state index contributed by atoms with van der Waals surface area (Å²) in [5, 5.41) is 0. The maximum absolute atomic E-state index is 13.1. The molecule has 2 aliphatic heterocycles. The zero-order valence-corrected chi connectivity index (χ0v) is 16.9. The second kappa shape index (κ2) is 8.49. The van der Waals surface area contributed by atoms with E-state index in [0.717, 1.165) is 52.0 Å². The fourth-order valence-electron chi connectivity index (χ4n) is 4.33. The number of hydrogen-bond donors (Lipinski definition) is 0. The largest absolute Gasteiger partial charge is 0.338 e. The summed E-state index contributed by atoms with van der Waals surface area (Å²) in [6.45, 7) is 4.57. The summed E-state index contributed by atoms with van der Waals surface area (Å²) in [6, 6.07) is 17.4. The van der Waals surface area contributed by atoms with Crippen molar-refractivity contribution in [2.45, 2.75) is 37.2 Å². The van der Waals surface area contributed by atoms with Gasteiger partial charge in [0.1, 0.15) is 0 Å². The lowest BCUT2D eigenvalue weighted by molar-refractivity contribution is -0.138. The molecule has 0 spiro atoms. The van der Waals surface area contributed by atoms with Gasteiger partial charge in [-0.3, -0.25) is 9.69 Å². The first-order valence-electron chi connectivity index (χ1n) is 9.94. The summed E-state index contributed by atoms with van der Waals surface area (Å²) < 4.78 is 0. The van der Waals surface area contributed by atoms with E-state index in [1.165, 1.54) is 21.6 Å². The SMILES string of the molecule is CSc1ccc(CN2CCC[C@H](C(=O)N3CCc4ccccc4C3)C2)cc1. The number of fused-ring (bicyclic) bond motifs is 1. The van der Waals surface area contributed by atoms with Crippen LogP contribution < -0.4 is 0 Å². The number of hydrogen-bond acceptors (Lipinski definition) is 3. The topological polar surface area (TPSA) is 23.6 Å². The zero-order valence-electron chi connectivity index (χ0n) is 16.1. The average Bonchev–Trinajstić information content (AvgIpc) is 2.73. The molecule has 27 heavy (non-hydrogen) atoms. The quantitative estimate of drug-likeness (QED) is 0.743. The number of piperidine rings is 1. The molecule has 1 fully saturated rings. The summed E-state index contributed by atoms with van der Waals surface area (Å²) in [6.07, 6.45) is 5.23. The average molecular weight is 381 g/mol. The Morgan fingerprint density at radius 2 is 1.85 bits per heavy atom. The Labute approximate surface area is 166 Å². The number of carbonyl (C=O) groups is 1. The van der Waals surface area contributed by atoms with E-state index in [0.29, 0.717) is 5.91 Å². The van der Waals surface area contributed by atoms with Gasteiger partial charge >= 0.3 is 0 Å². The van der Waals surface area contributed by atoms with E-state index in [-0.39, 0.29) is 5.92 Å². The molecule has 0 radical (unpaired) electrons. The molecule has 1 saturated heterocycles. The van der Waals surface area contributed by atoms with Crippen LogP contribution in [0.3, 0.4) is 0 Å². The van der Waals surface area contributed by atoms with Crippen LogP contribution in [-0.4, -0.2) is 41.6 Å². The first kappa shape index (κ1) is 18.6. The Kier molecular flexibility index (Phi) is 5.84. The maximum Gasteiger partial charge on any atom is 0.227 e. The number of benzene rings is 2. The van der Waals surface area contributed by atoms with Crippen molar-refractivity contribution < 1.29 is 4.79 Å². The summed E-state index contributed by atoms with van der Waals surface area (Å²) in [4.78, 5) is 19.0. The van der Waals surface area contributed by atoms with Crippen molar-refractivity contribution in [2.24, 2.45) is 5.92 Å². The van der Waals surface area contributed by atoms with Crippen LogP contribution in [-0.2, 0) is 24.3 Å². The first-order valence-corrected chi connectivity index (χ1v) is 11.2. The highest BCUT2D eigenvalue weighted by molar-refractivity contribution is 7.98. The lowest BCUT2D eigenvalue weighted by atomic mass is 9.93. The molecule has 0 aromatic heterocycles. The van der Waals surface area contributed by atoms with Gasteiger partial charge in [0.05, 0.1) is 5.92 Å². The lowest BCUT2D eigenvalue weighted by Crippen LogP contribution is -2.46. The van der Waals surface area contributed by atoms with E-state index in [1.807, 2.05) is 0 Å². The van der Waals surface area contributed by atoms with Gasteiger partial charge in [-0.25, -0.2) is 0 Å². The van der Waals surface area contributed by atoms with Gasteiger partial charge in [-0.1, -0.05) is 36.4 Å². The fraction of sp³-hybridized carbons (Fsp3) is 0.435. The van der Waals surface area contributed by atoms with Crippen molar-refractivity contribution in [3.05, 3.63) is 65.2 Å². The first-order chi connectivity index (χ1) is 13.2. The van der Waals surface area contributed by atoms with Crippen LogP contribution in [0.15, 0.2) is 53.4 Å². The van der Waals surface area contributed by atoms with Crippen LogP contribution in [0, 0.1) is 5.92 Å². The molecule has 2 aliphatic rings. The predicted octanol–water partition coefficient (Wildman–Crippen LogP) is 4.21. The zero-order chi connectivity index (χ0) is 18.6. The Morgan fingerprint density at radius 1 is 1.07 bits per heavy atom. The van der Waals surface area contributed by atoms with Gasteiger partial charge in [-0.05, 0) is 60.9 Å². The highest BCUT2D eigenvalue weighted by atomic mass is 32.2. The minimum atomic E-state index is 0.148. The number of amides is 1. The molecular weight excluding hydrogens is 352 g/mol. The monoisotopic (exact) mass is 380 g/mol. The van der Waals surface area contributed by atoms with Crippen molar-refractivity contribution >= 4 is 17.7 Å². The van der Waals surface area contributed by atoms with Crippen LogP contribution >= 0.6 is 11.8 Å². The van der Waals surface area contributed by atoms with Crippen molar-refractivity contribution in [3.63, 3.8) is 0 Å². The second-order valence-electron chi connectivity index (χ2n) is 7.70. The normalized spacial score (nSPS) is 20.3. The molecule has 1 amide bonds. The van der Waals surface area contributed by atoms with Crippen molar-refractivity contribution in [3.8, 4) is 0 Å². The summed E-state index contributed by atoms with van der Waals surface area (Å²) in [5.74, 6) is 0.501. The molecule has 142 valence electrons. The Bertz CT molecular complexity index is 789. The molecule has 2 aromatic carbocycles. The van der Waals surface area contributed by atoms with E-state index in [1.54, 1.807) is 11.8 Å². The number of carbonyl (C=O) groups excluding carboxylic acids is 1. The molecule has 0 aliphatic carbocycles. The third-order valence-electron chi connectivity index (χ3n) is 5.86. The van der Waals surface area contributed by atoms with Gasteiger partial charge in [0, 0.05) is 31.1 Å². The highest BCUT2D eigenvalue weighted by Gasteiger charge is 2.30. The van der Waals surface area contributed by atoms with Crippen LogP contribution in [0.1, 0.15) is 29.5 Å². The molecule has 4 rings (SSSR count). The van der Waals surface area contributed by atoms with Crippen LogP contribution in [0.5, 0.6) is 0 Å². The standard InChI is InChI=1S/C23H28N2OS/c1-27-22-10-8-18(9-11-22)15-24-13-4-7-21(16-24)23(26)25-14-12-19-5-2-3-6-20(19)17-25/h2-3,5-6,8-11,21H,4,7,12-17H2,1H3/t21-/m0/s1. The Hall–Kier alpha value is -1.78. The Balaban J connectivity index is 1.37. The fourth-order valence-corrected chi connectivity index (χ4v) is 4.74. The highest BCUT2D eigenvalue weighted by Crippen LogP contribution is 2.25. The summed E-state index contributed by atoms with van der Waals surface area (Å²) >= 11 is 1.78. The molecule has 4 heteroatoms. The van der Waals surface area contributed by atoms with Crippen molar-refractivity contribution in [1.82, 2.24) is 9.80 Å². The van der Waals surface area contributed by atoms with E-state index in [9.17, 15) is 4.79 Å². The third-order valence-corrected chi connectivity index (χ3v) is 6.61. The van der Waals surface area contributed by atoms with Gasteiger partial charge in [-0.2, -0.15) is 0 Å². The second-order valence-corrected chi connectivity index (χ2v) is 8.58. The minimum Gasteiger partial charge on any atom is -0.338 e. The summed E-state index contributed by atoms with van der Waals surface area (Å²) in [5.41, 5.74) is 4.06. The molecule has 0 bridgehead atoms. The van der Waals surface area contributed by atoms with Gasteiger partial charge in [0.25, 0.3) is 0 Å². The van der Waals surface area contributed by atoms with Gasteiger partial charge in [0.2, 0.25) is 5.91 Å². The van der Waals surface area contributed by atoms with E-state index in [4.69, 9.17) is 0 Å². The van der Waals surface area contributed by atoms with Crippen molar-refractivity contribution in [1.29, 1.82) is 0 Å². The number of thioether (sulfide) groups is 1. The Morgan fingerprint density at radius 3 is 2.63 bits per heavy atom. The molecule has 0 saturated carbocycles. The van der Waals surface area contributed by atoms with E-state index < -0.39 is 0 Å². The van der Waals surface area contributed by atoms with Crippen LogP contribution in [0.4, 0.5) is 0 Å². The molecule has 1 atom stereocenters. The summed E-state index contributed by atoms with van der Waals surface area (Å²) in [7, 11) is 0. The molecule has 3 nitrogen and oxygen atoms in total. The molecule has 0 unspecified atom stereocenters. The molecular formula is C23H28N2OS. The van der Waals surface area contributed by atoms with Gasteiger partial charge < -0.3 is 4.90 Å². The van der Waals surface area contributed by atoms with E-state index in [2.05, 4.69) is 64.6 Å².